The molecule has 0 N–H and O–H groups in total. The minimum Gasteiger partial charge on any atom is -0.278 e. The molecule has 0 amide bonds. The second-order valence-corrected chi connectivity index (χ2v) is 5.48. The molecule has 4 nitrogen and oxygen atoms in total. The molecule has 0 saturated carbocycles. The highest BCUT2D eigenvalue weighted by Crippen LogP contribution is 2.18. The number of nitrogens with zero attached hydrogens (tertiary/aromatic N) is 3. The Bertz CT molecular complexity index is 973. The molecular weight excluding hydrogens is 321 g/mol. The maximum absolute atomic E-state index is 12.6. The van der Waals surface area contributed by atoms with Gasteiger partial charge in [-0.1, -0.05) is 29.8 Å². The first-order chi connectivity index (χ1) is 10.6. The predicted octanol–water partition coefficient (Wildman–Crippen LogP) is 3.62. The number of hydrogen-bond donors (Lipinski definition) is 0. The molecule has 0 fully saturated rings. The topological polar surface area (TPSA) is 58.7 Å². The van der Waals surface area contributed by atoms with Gasteiger partial charge < -0.3 is 0 Å². The van der Waals surface area contributed by atoms with E-state index >= 15 is 0 Å². The van der Waals surface area contributed by atoms with Gasteiger partial charge >= 0.3 is 0 Å². The molecular formula is C16H9Cl2N3O. The lowest BCUT2D eigenvalue weighted by Crippen LogP contribution is -2.23. The van der Waals surface area contributed by atoms with E-state index < -0.39 is 0 Å². The Morgan fingerprint density at radius 2 is 1.95 bits per heavy atom. The number of halogens is 2. The van der Waals surface area contributed by atoms with Crippen molar-refractivity contribution in [3.05, 3.63) is 74.3 Å². The summed E-state index contributed by atoms with van der Waals surface area (Å²) >= 11 is 12.1. The maximum Gasteiger partial charge on any atom is 0.262 e. The zero-order chi connectivity index (χ0) is 15.7. The van der Waals surface area contributed by atoms with Gasteiger partial charge in [0.25, 0.3) is 5.56 Å². The van der Waals surface area contributed by atoms with Crippen molar-refractivity contribution in [3.63, 3.8) is 0 Å². The van der Waals surface area contributed by atoms with Crippen molar-refractivity contribution in [2.75, 3.05) is 0 Å². The summed E-state index contributed by atoms with van der Waals surface area (Å²) in [6, 6.07) is 14.0. The van der Waals surface area contributed by atoms with Crippen LogP contribution in [0.1, 0.15) is 11.1 Å². The van der Waals surface area contributed by atoms with E-state index in [2.05, 4.69) is 11.1 Å². The highest BCUT2D eigenvalue weighted by Gasteiger charge is 2.12. The molecule has 6 heteroatoms. The molecule has 0 saturated heterocycles. The molecule has 3 rings (SSSR count). The van der Waals surface area contributed by atoms with E-state index in [4.69, 9.17) is 28.5 Å². The number of hydrogen-bond acceptors (Lipinski definition) is 3. The highest BCUT2D eigenvalue weighted by molar-refractivity contribution is 6.31. The molecule has 0 bridgehead atoms. The number of rotatable bonds is 2. The van der Waals surface area contributed by atoms with Gasteiger partial charge in [0.15, 0.2) is 0 Å². The summed E-state index contributed by atoms with van der Waals surface area (Å²) in [5, 5.41) is 10.1. The molecule has 108 valence electrons. The van der Waals surface area contributed by atoms with E-state index in [0.717, 1.165) is 0 Å². The Labute approximate surface area is 136 Å². The average Bonchev–Trinajstić information content (AvgIpc) is 2.52. The molecule has 3 aromatic rings. The zero-order valence-electron chi connectivity index (χ0n) is 11.3. The first-order valence-corrected chi connectivity index (χ1v) is 7.19. The number of fused-ring (bicyclic) bond motifs is 1. The van der Waals surface area contributed by atoms with Crippen LogP contribution in [0.3, 0.4) is 0 Å². The van der Waals surface area contributed by atoms with Gasteiger partial charge in [-0.2, -0.15) is 5.26 Å². The lowest BCUT2D eigenvalue weighted by Gasteiger charge is -2.10. The molecule has 0 spiro atoms. The third-order valence-corrected chi connectivity index (χ3v) is 3.86. The molecule has 0 aliphatic carbocycles. The Kier molecular flexibility index (Phi) is 3.84. The van der Waals surface area contributed by atoms with Crippen LogP contribution in [0.5, 0.6) is 0 Å². The molecule has 0 aliphatic rings. The van der Waals surface area contributed by atoms with Gasteiger partial charge in [-0.05, 0) is 41.4 Å². The van der Waals surface area contributed by atoms with E-state index in [1.807, 2.05) is 0 Å². The van der Waals surface area contributed by atoms with Gasteiger partial charge in [0.2, 0.25) is 5.28 Å². The summed E-state index contributed by atoms with van der Waals surface area (Å²) in [4.78, 5) is 16.8. The van der Waals surface area contributed by atoms with Gasteiger partial charge in [0, 0.05) is 5.02 Å². The SMILES string of the molecule is N#Cc1ccccc1Cn1c(Cl)nc2ccc(Cl)cc2c1=O. The van der Waals surface area contributed by atoms with Crippen molar-refractivity contribution in [1.82, 2.24) is 9.55 Å². The van der Waals surface area contributed by atoms with Crippen LogP contribution in [0, 0.1) is 11.3 Å². The van der Waals surface area contributed by atoms with Crippen molar-refractivity contribution >= 4 is 34.1 Å². The summed E-state index contributed by atoms with van der Waals surface area (Å²) in [6.45, 7) is 0.177. The Balaban J connectivity index is 2.19. The van der Waals surface area contributed by atoms with E-state index in [9.17, 15) is 4.79 Å². The normalized spacial score (nSPS) is 10.6. The van der Waals surface area contributed by atoms with E-state index in [-0.39, 0.29) is 17.4 Å². The molecule has 0 unspecified atom stereocenters. The molecule has 1 aromatic heterocycles. The fraction of sp³-hybridized carbons (Fsp3) is 0.0625. The first-order valence-electron chi connectivity index (χ1n) is 6.44. The van der Waals surface area contributed by atoms with Crippen LogP contribution < -0.4 is 5.56 Å². The Morgan fingerprint density at radius 3 is 2.73 bits per heavy atom. The molecule has 1 heterocycles. The third kappa shape index (κ3) is 2.57. The van der Waals surface area contributed by atoms with Crippen LogP contribution in [0.25, 0.3) is 10.9 Å². The summed E-state index contributed by atoms with van der Waals surface area (Å²) < 4.78 is 1.33. The van der Waals surface area contributed by atoms with E-state index in [1.54, 1.807) is 42.5 Å². The van der Waals surface area contributed by atoms with Crippen molar-refractivity contribution in [1.29, 1.82) is 5.26 Å². The Morgan fingerprint density at radius 1 is 1.18 bits per heavy atom. The van der Waals surface area contributed by atoms with Crippen LogP contribution in [-0.4, -0.2) is 9.55 Å². The molecule has 0 radical (unpaired) electrons. The van der Waals surface area contributed by atoms with Crippen LogP contribution >= 0.6 is 23.2 Å². The second kappa shape index (κ2) is 5.80. The van der Waals surface area contributed by atoms with Crippen LogP contribution in [0.4, 0.5) is 0 Å². The summed E-state index contributed by atoms with van der Waals surface area (Å²) in [7, 11) is 0. The van der Waals surface area contributed by atoms with Gasteiger partial charge in [0.05, 0.1) is 29.1 Å². The Hall–Kier alpha value is -2.35. The number of benzene rings is 2. The molecule has 2 aromatic carbocycles. The first kappa shape index (κ1) is 14.6. The van der Waals surface area contributed by atoms with Gasteiger partial charge in [-0.15, -0.1) is 0 Å². The van der Waals surface area contributed by atoms with Crippen molar-refractivity contribution in [2.45, 2.75) is 6.54 Å². The quantitative estimate of drug-likeness (QED) is 0.674. The monoisotopic (exact) mass is 329 g/mol. The fourth-order valence-corrected chi connectivity index (χ4v) is 2.64. The fourth-order valence-electron chi connectivity index (χ4n) is 2.24. The molecule has 0 atom stereocenters. The highest BCUT2D eigenvalue weighted by atomic mass is 35.5. The predicted molar refractivity (Wildman–Crippen MR) is 86.3 cm³/mol. The van der Waals surface area contributed by atoms with Crippen molar-refractivity contribution < 1.29 is 0 Å². The van der Waals surface area contributed by atoms with Gasteiger partial charge in [0.1, 0.15) is 0 Å². The van der Waals surface area contributed by atoms with Crippen molar-refractivity contribution in [2.24, 2.45) is 0 Å². The summed E-state index contributed by atoms with van der Waals surface area (Å²) in [6.07, 6.45) is 0. The largest absolute Gasteiger partial charge is 0.278 e. The standard InChI is InChI=1S/C16H9Cl2N3O/c17-12-5-6-14-13(7-12)15(22)21(16(18)20-14)9-11-4-2-1-3-10(11)8-19/h1-7H,9H2. The summed E-state index contributed by atoms with van der Waals surface area (Å²) in [5.74, 6) is 0. The van der Waals surface area contributed by atoms with Crippen LogP contribution in [-0.2, 0) is 6.54 Å². The van der Waals surface area contributed by atoms with Gasteiger partial charge in [-0.25, -0.2) is 4.98 Å². The number of aromatic nitrogens is 2. The van der Waals surface area contributed by atoms with E-state index in [0.29, 0.717) is 27.1 Å². The minimum atomic E-state index is -0.287. The van der Waals surface area contributed by atoms with E-state index in [1.165, 1.54) is 4.57 Å². The van der Waals surface area contributed by atoms with Crippen molar-refractivity contribution in [3.8, 4) is 6.07 Å². The smallest absolute Gasteiger partial charge is 0.262 e. The van der Waals surface area contributed by atoms with Crippen LogP contribution in [0.15, 0.2) is 47.3 Å². The average molecular weight is 330 g/mol. The van der Waals surface area contributed by atoms with Gasteiger partial charge in [-0.3, -0.25) is 9.36 Å². The molecule has 22 heavy (non-hydrogen) atoms. The van der Waals surface area contributed by atoms with Crippen LogP contribution in [0.2, 0.25) is 10.3 Å². The lowest BCUT2D eigenvalue weighted by atomic mass is 10.1. The maximum atomic E-state index is 12.6. The molecule has 0 aliphatic heterocycles. The minimum absolute atomic E-state index is 0.0764. The second-order valence-electron chi connectivity index (χ2n) is 4.70. The zero-order valence-corrected chi connectivity index (χ0v) is 12.8. The summed E-state index contributed by atoms with van der Waals surface area (Å²) in [5.41, 5.74) is 1.41. The third-order valence-electron chi connectivity index (χ3n) is 3.34. The lowest BCUT2D eigenvalue weighted by molar-refractivity contribution is 0.748. The number of nitriles is 1.